The van der Waals surface area contributed by atoms with E-state index in [1.165, 1.54) is 0 Å². The number of aromatic nitrogens is 3. The maximum atomic E-state index is 12.5. The number of hydrogen-bond donors (Lipinski definition) is 0. The number of benzene rings is 1. The molecule has 1 aromatic heterocycles. The molecule has 0 spiro atoms. The average molecular weight is 306 g/mol. The quantitative estimate of drug-likeness (QED) is 0.864. The Morgan fingerprint density at radius 3 is 2.38 bits per heavy atom. The van der Waals surface area contributed by atoms with E-state index < -0.39 is 10.0 Å². The Morgan fingerprint density at radius 2 is 1.81 bits per heavy atom. The highest BCUT2D eigenvalue weighted by atomic mass is 32.2. The molecule has 0 N–H and O–H groups in total. The minimum Gasteiger partial charge on any atom is -0.315 e. The van der Waals surface area contributed by atoms with Gasteiger partial charge >= 0.3 is 0 Å². The van der Waals surface area contributed by atoms with Gasteiger partial charge in [-0.05, 0) is 31.9 Å². The van der Waals surface area contributed by atoms with Crippen molar-refractivity contribution in [1.29, 1.82) is 0 Å². The molecule has 1 aliphatic rings. The van der Waals surface area contributed by atoms with Crippen LogP contribution in [0.4, 0.5) is 0 Å². The number of piperidine rings is 1. The monoisotopic (exact) mass is 306 g/mol. The summed E-state index contributed by atoms with van der Waals surface area (Å²) in [7, 11) is -3.37. The molecule has 0 unspecified atom stereocenters. The molecular formula is C14H18N4O2S. The van der Waals surface area contributed by atoms with Crippen LogP contribution >= 0.6 is 0 Å². The van der Waals surface area contributed by atoms with Crippen molar-refractivity contribution in [3.8, 4) is 0 Å². The second-order valence-corrected chi connectivity index (χ2v) is 7.17. The van der Waals surface area contributed by atoms with E-state index in [0.29, 0.717) is 18.0 Å². The van der Waals surface area contributed by atoms with Crippen LogP contribution < -0.4 is 0 Å². The van der Waals surface area contributed by atoms with Gasteiger partial charge in [0, 0.05) is 19.1 Å². The lowest BCUT2D eigenvalue weighted by Gasteiger charge is -2.32. The summed E-state index contributed by atoms with van der Waals surface area (Å²) in [5, 5.41) is 7.88. The molecule has 3 rings (SSSR count). The molecule has 0 radical (unpaired) electrons. The number of aryl methyl sites for hydroxylation is 1. The molecule has 1 saturated heterocycles. The number of hydrogen-bond acceptors (Lipinski definition) is 4. The highest BCUT2D eigenvalue weighted by Gasteiger charge is 2.30. The van der Waals surface area contributed by atoms with Crippen LogP contribution in [0.3, 0.4) is 0 Å². The van der Waals surface area contributed by atoms with Crippen LogP contribution in [0.15, 0.2) is 41.6 Å². The summed E-state index contributed by atoms with van der Waals surface area (Å²) in [4.78, 5) is 0.365. The van der Waals surface area contributed by atoms with Crippen LogP contribution in [-0.2, 0) is 10.0 Å². The molecular weight excluding hydrogens is 288 g/mol. The second kappa shape index (κ2) is 5.57. The van der Waals surface area contributed by atoms with Gasteiger partial charge in [0.2, 0.25) is 10.0 Å². The van der Waals surface area contributed by atoms with Gasteiger partial charge in [0.15, 0.2) is 0 Å². The van der Waals surface area contributed by atoms with E-state index >= 15 is 0 Å². The molecule has 0 saturated carbocycles. The van der Waals surface area contributed by atoms with Crippen molar-refractivity contribution in [2.24, 2.45) is 0 Å². The Morgan fingerprint density at radius 1 is 1.14 bits per heavy atom. The van der Waals surface area contributed by atoms with Crippen molar-refractivity contribution in [1.82, 2.24) is 19.1 Å². The van der Waals surface area contributed by atoms with Gasteiger partial charge in [-0.25, -0.2) is 8.42 Å². The van der Waals surface area contributed by atoms with Gasteiger partial charge < -0.3 is 4.57 Å². The largest absolute Gasteiger partial charge is 0.315 e. The molecule has 2 heterocycles. The number of nitrogens with zero attached hydrogens (tertiary/aromatic N) is 4. The Bertz CT molecular complexity index is 704. The van der Waals surface area contributed by atoms with Gasteiger partial charge in [-0.2, -0.15) is 4.31 Å². The highest BCUT2D eigenvalue weighted by Crippen LogP contribution is 2.27. The molecule has 1 fully saturated rings. The molecule has 7 heteroatoms. The Labute approximate surface area is 124 Å². The molecule has 0 bridgehead atoms. The van der Waals surface area contributed by atoms with Gasteiger partial charge in [0.05, 0.1) is 4.90 Å². The molecule has 1 aromatic carbocycles. The minimum absolute atomic E-state index is 0.280. The van der Waals surface area contributed by atoms with Crippen LogP contribution in [0.2, 0.25) is 0 Å². The molecule has 112 valence electrons. The van der Waals surface area contributed by atoms with E-state index in [2.05, 4.69) is 10.2 Å². The van der Waals surface area contributed by atoms with Crippen LogP contribution in [0.1, 0.15) is 24.7 Å². The SMILES string of the molecule is Cc1nncn1C1CCN(S(=O)(=O)c2ccccc2)CC1. The lowest BCUT2D eigenvalue weighted by molar-refractivity contribution is 0.271. The fourth-order valence-electron chi connectivity index (χ4n) is 2.76. The molecule has 0 atom stereocenters. The average Bonchev–Trinajstić information content (AvgIpc) is 2.94. The van der Waals surface area contributed by atoms with Crippen molar-refractivity contribution in [3.05, 3.63) is 42.5 Å². The first kappa shape index (κ1) is 14.2. The van der Waals surface area contributed by atoms with Gasteiger partial charge in [-0.3, -0.25) is 0 Å². The van der Waals surface area contributed by atoms with E-state index in [1.54, 1.807) is 34.9 Å². The lowest BCUT2D eigenvalue weighted by Crippen LogP contribution is -2.39. The summed E-state index contributed by atoms with van der Waals surface area (Å²) in [6.07, 6.45) is 3.29. The van der Waals surface area contributed by atoms with E-state index in [-0.39, 0.29) is 6.04 Å². The van der Waals surface area contributed by atoms with Crippen molar-refractivity contribution in [2.45, 2.75) is 30.7 Å². The number of rotatable bonds is 3. The standard InChI is InChI=1S/C14H18N4O2S/c1-12-16-15-11-18(12)13-7-9-17(10-8-13)21(19,20)14-5-3-2-4-6-14/h2-6,11,13H,7-10H2,1H3. The molecule has 21 heavy (non-hydrogen) atoms. The van der Waals surface area contributed by atoms with Crippen LogP contribution in [0.25, 0.3) is 0 Å². The normalized spacial score (nSPS) is 18.0. The van der Waals surface area contributed by atoms with Crippen molar-refractivity contribution in [3.63, 3.8) is 0 Å². The van der Waals surface area contributed by atoms with E-state index in [4.69, 9.17) is 0 Å². The van der Waals surface area contributed by atoms with Crippen LogP contribution in [-0.4, -0.2) is 40.6 Å². The summed E-state index contributed by atoms with van der Waals surface area (Å²) in [5.74, 6) is 0.874. The number of sulfonamides is 1. The Kier molecular flexibility index (Phi) is 3.77. The second-order valence-electron chi connectivity index (χ2n) is 5.23. The van der Waals surface area contributed by atoms with E-state index in [9.17, 15) is 8.42 Å². The predicted molar refractivity (Wildman–Crippen MR) is 78.2 cm³/mol. The van der Waals surface area contributed by atoms with Crippen molar-refractivity contribution in [2.75, 3.05) is 13.1 Å². The summed E-state index contributed by atoms with van der Waals surface area (Å²) in [6.45, 7) is 2.97. The van der Waals surface area contributed by atoms with Gasteiger partial charge in [-0.1, -0.05) is 18.2 Å². The van der Waals surface area contributed by atoms with Crippen molar-refractivity contribution >= 4 is 10.0 Å². The predicted octanol–water partition coefficient (Wildman–Crippen LogP) is 1.61. The molecule has 0 aliphatic carbocycles. The summed E-state index contributed by atoms with van der Waals surface area (Å²) in [5.41, 5.74) is 0. The maximum absolute atomic E-state index is 12.5. The maximum Gasteiger partial charge on any atom is 0.243 e. The first-order valence-corrected chi connectivity index (χ1v) is 8.44. The molecule has 2 aromatic rings. The third-order valence-electron chi connectivity index (χ3n) is 3.95. The van der Waals surface area contributed by atoms with Gasteiger partial charge in [-0.15, -0.1) is 10.2 Å². The first-order valence-electron chi connectivity index (χ1n) is 7.00. The minimum atomic E-state index is -3.37. The Hall–Kier alpha value is -1.73. The van der Waals surface area contributed by atoms with Gasteiger partial charge in [0.1, 0.15) is 12.2 Å². The molecule has 6 nitrogen and oxygen atoms in total. The molecule has 1 aliphatic heterocycles. The zero-order chi connectivity index (χ0) is 14.9. The highest BCUT2D eigenvalue weighted by molar-refractivity contribution is 7.89. The van der Waals surface area contributed by atoms with Crippen molar-refractivity contribution < 1.29 is 8.42 Å². The summed E-state index contributed by atoms with van der Waals surface area (Å²) < 4.78 is 28.7. The smallest absolute Gasteiger partial charge is 0.243 e. The van der Waals surface area contributed by atoms with E-state index in [1.807, 2.05) is 17.6 Å². The third kappa shape index (κ3) is 2.71. The van der Waals surface area contributed by atoms with E-state index in [0.717, 1.165) is 18.7 Å². The Balaban J connectivity index is 1.73. The zero-order valence-electron chi connectivity index (χ0n) is 11.9. The lowest BCUT2D eigenvalue weighted by atomic mass is 10.1. The molecule has 0 amide bonds. The fourth-order valence-corrected chi connectivity index (χ4v) is 4.25. The van der Waals surface area contributed by atoms with Crippen LogP contribution in [0.5, 0.6) is 0 Å². The topological polar surface area (TPSA) is 68.1 Å². The third-order valence-corrected chi connectivity index (χ3v) is 5.86. The summed E-state index contributed by atoms with van der Waals surface area (Å²) >= 11 is 0. The fraction of sp³-hybridized carbons (Fsp3) is 0.429. The summed E-state index contributed by atoms with van der Waals surface area (Å²) in [6, 6.07) is 8.89. The zero-order valence-corrected chi connectivity index (χ0v) is 12.7. The van der Waals surface area contributed by atoms with Gasteiger partial charge in [0.25, 0.3) is 0 Å². The first-order chi connectivity index (χ1) is 10.1. The van der Waals surface area contributed by atoms with Crippen LogP contribution in [0, 0.1) is 6.92 Å².